The molecular weight excluding hydrogens is 376 g/mol. The van der Waals surface area contributed by atoms with E-state index in [9.17, 15) is 13.2 Å². The number of aromatic nitrogens is 1. The molecule has 0 saturated heterocycles. The van der Waals surface area contributed by atoms with E-state index in [1.54, 1.807) is 37.5 Å². The summed E-state index contributed by atoms with van der Waals surface area (Å²) in [6.45, 7) is 0. The Bertz CT molecular complexity index is 945. The molecule has 0 unspecified atom stereocenters. The second-order valence-corrected chi connectivity index (χ2v) is 8.76. The van der Waals surface area contributed by atoms with E-state index < -0.39 is 21.9 Å². The van der Waals surface area contributed by atoms with Crippen LogP contribution in [0, 0.1) is 0 Å². The zero-order valence-corrected chi connectivity index (χ0v) is 16.2. The van der Waals surface area contributed by atoms with Crippen molar-refractivity contribution in [2.24, 2.45) is 0 Å². The number of hydrogen-bond acceptors (Lipinski definition) is 5. The Kier molecular flexibility index (Phi) is 4.81. The van der Waals surface area contributed by atoms with Gasteiger partial charge in [-0.3, -0.25) is 0 Å². The lowest BCUT2D eigenvalue weighted by atomic mass is 10.1. The summed E-state index contributed by atoms with van der Waals surface area (Å²) in [6.07, 6.45) is 1.55. The van der Waals surface area contributed by atoms with Crippen LogP contribution in [0.3, 0.4) is 0 Å². The molecule has 1 N–H and O–H groups in total. The summed E-state index contributed by atoms with van der Waals surface area (Å²) >= 11 is 6.01. The number of pyridine rings is 1. The van der Waals surface area contributed by atoms with E-state index in [-0.39, 0.29) is 10.6 Å². The third kappa shape index (κ3) is 3.47. The van der Waals surface area contributed by atoms with Crippen molar-refractivity contribution in [1.29, 1.82) is 0 Å². The lowest BCUT2D eigenvalue weighted by molar-refractivity contribution is 0.209. The highest BCUT2D eigenvalue weighted by atomic mass is 35.5. The molecule has 0 saturated carbocycles. The molecule has 138 valence electrons. The van der Waals surface area contributed by atoms with Crippen LogP contribution < -0.4 is 10.2 Å². The number of anilines is 2. The summed E-state index contributed by atoms with van der Waals surface area (Å²) in [6, 6.07) is 7.14. The van der Waals surface area contributed by atoms with Crippen LogP contribution in [0.4, 0.5) is 16.3 Å². The summed E-state index contributed by atoms with van der Waals surface area (Å²) in [7, 11) is 1.87. The maximum atomic E-state index is 12.6. The SMILES string of the molecule is CN(C)c1ccc(NC(=O)N(C)[C@H]2CS(=O)(=O)c3ccc(Cl)cc32)cn1. The van der Waals surface area contributed by atoms with Gasteiger partial charge >= 0.3 is 6.03 Å². The van der Waals surface area contributed by atoms with E-state index in [1.165, 1.54) is 11.0 Å². The van der Waals surface area contributed by atoms with Gasteiger partial charge in [-0.05, 0) is 35.9 Å². The largest absolute Gasteiger partial charge is 0.363 e. The van der Waals surface area contributed by atoms with Gasteiger partial charge in [0.25, 0.3) is 0 Å². The lowest BCUT2D eigenvalue weighted by Crippen LogP contribution is -2.35. The summed E-state index contributed by atoms with van der Waals surface area (Å²) in [5.41, 5.74) is 1.07. The van der Waals surface area contributed by atoms with Gasteiger partial charge in [-0.2, -0.15) is 0 Å². The van der Waals surface area contributed by atoms with Gasteiger partial charge in [0.05, 0.1) is 28.6 Å². The van der Waals surface area contributed by atoms with Gasteiger partial charge in [-0.15, -0.1) is 0 Å². The average Bonchev–Trinajstić information content (AvgIpc) is 2.85. The van der Waals surface area contributed by atoms with E-state index in [4.69, 9.17) is 11.6 Å². The van der Waals surface area contributed by atoms with Crippen LogP contribution in [0.1, 0.15) is 11.6 Å². The van der Waals surface area contributed by atoms with Gasteiger partial charge in [-0.1, -0.05) is 11.6 Å². The molecule has 0 aliphatic carbocycles. The summed E-state index contributed by atoms with van der Waals surface area (Å²) in [5, 5.41) is 3.17. The monoisotopic (exact) mass is 394 g/mol. The lowest BCUT2D eigenvalue weighted by Gasteiger charge is -2.25. The van der Waals surface area contributed by atoms with Gasteiger partial charge in [0.1, 0.15) is 5.82 Å². The fraction of sp³-hybridized carbons (Fsp3) is 0.294. The molecule has 3 rings (SSSR count). The van der Waals surface area contributed by atoms with Gasteiger partial charge in [0, 0.05) is 26.2 Å². The van der Waals surface area contributed by atoms with Crippen molar-refractivity contribution >= 4 is 39.0 Å². The Morgan fingerprint density at radius 2 is 1.96 bits per heavy atom. The number of fused-ring (bicyclic) bond motifs is 1. The van der Waals surface area contributed by atoms with Gasteiger partial charge in [0.15, 0.2) is 9.84 Å². The van der Waals surface area contributed by atoms with Crippen molar-refractivity contribution in [2.45, 2.75) is 10.9 Å². The minimum absolute atomic E-state index is 0.162. The molecule has 1 aliphatic heterocycles. The molecule has 1 atom stereocenters. The Labute approximate surface area is 157 Å². The van der Waals surface area contributed by atoms with Gasteiger partial charge in [0.2, 0.25) is 0 Å². The fourth-order valence-corrected chi connectivity index (χ4v) is 4.86. The Morgan fingerprint density at radius 1 is 1.23 bits per heavy atom. The minimum atomic E-state index is -3.44. The molecule has 2 amide bonds. The van der Waals surface area contributed by atoms with Crippen LogP contribution in [0.15, 0.2) is 41.4 Å². The summed E-state index contributed by atoms with van der Waals surface area (Å²) in [5.74, 6) is 0.603. The van der Waals surface area contributed by atoms with E-state index in [2.05, 4.69) is 10.3 Å². The zero-order valence-electron chi connectivity index (χ0n) is 14.6. The van der Waals surface area contributed by atoms with Crippen molar-refractivity contribution in [2.75, 3.05) is 37.1 Å². The molecule has 7 nitrogen and oxygen atoms in total. The number of amides is 2. The van der Waals surface area contributed by atoms with Crippen LogP contribution in [0.5, 0.6) is 0 Å². The van der Waals surface area contributed by atoms with Crippen molar-refractivity contribution in [3.8, 4) is 0 Å². The zero-order chi connectivity index (χ0) is 19.1. The topological polar surface area (TPSA) is 82.6 Å². The molecular formula is C17H19ClN4O3S. The van der Waals surface area contributed by atoms with E-state index in [0.717, 1.165) is 5.82 Å². The summed E-state index contributed by atoms with van der Waals surface area (Å²) in [4.78, 5) is 20.3. The smallest absolute Gasteiger partial charge is 0.322 e. The highest BCUT2D eigenvalue weighted by Crippen LogP contribution is 2.38. The molecule has 0 spiro atoms. The first-order valence-electron chi connectivity index (χ1n) is 7.88. The van der Waals surface area contributed by atoms with Crippen molar-refractivity contribution in [1.82, 2.24) is 9.88 Å². The predicted octanol–water partition coefficient (Wildman–Crippen LogP) is 2.79. The third-order valence-electron chi connectivity index (χ3n) is 4.29. The van der Waals surface area contributed by atoms with Gasteiger partial charge < -0.3 is 15.1 Å². The number of halogens is 1. The van der Waals surface area contributed by atoms with E-state index >= 15 is 0 Å². The van der Waals surface area contributed by atoms with Crippen molar-refractivity contribution in [3.63, 3.8) is 0 Å². The number of urea groups is 1. The quantitative estimate of drug-likeness (QED) is 0.865. The average molecular weight is 395 g/mol. The Balaban J connectivity index is 1.80. The van der Waals surface area contributed by atoms with Crippen LogP contribution in [-0.4, -0.2) is 51.2 Å². The van der Waals surface area contributed by atoms with E-state index in [0.29, 0.717) is 16.3 Å². The number of carbonyl (C=O) groups is 1. The molecule has 2 heterocycles. The second-order valence-electron chi connectivity index (χ2n) is 6.32. The predicted molar refractivity (Wildman–Crippen MR) is 102 cm³/mol. The number of hydrogen-bond donors (Lipinski definition) is 1. The number of rotatable bonds is 3. The van der Waals surface area contributed by atoms with Gasteiger partial charge in [-0.25, -0.2) is 18.2 Å². The highest BCUT2D eigenvalue weighted by molar-refractivity contribution is 7.91. The summed E-state index contributed by atoms with van der Waals surface area (Å²) < 4.78 is 24.7. The molecule has 26 heavy (non-hydrogen) atoms. The van der Waals surface area contributed by atoms with Crippen LogP contribution in [0.25, 0.3) is 0 Å². The Morgan fingerprint density at radius 3 is 2.58 bits per heavy atom. The fourth-order valence-electron chi connectivity index (χ4n) is 2.85. The number of benzene rings is 1. The molecule has 1 aromatic heterocycles. The number of carbonyl (C=O) groups excluding carboxylic acids is 1. The highest BCUT2D eigenvalue weighted by Gasteiger charge is 2.38. The molecule has 0 radical (unpaired) electrons. The number of sulfone groups is 1. The van der Waals surface area contributed by atoms with Crippen LogP contribution in [0.2, 0.25) is 5.02 Å². The van der Waals surface area contributed by atoms with Crippen LogP contribution in [-0.2, 0) is 9.84 Å². The second kappa shape index (κ2) is 6.77. The van der Waals surface area contributed by atoms with Crippen molar-refractivity contribution < 1.29 is 13.2 Å². The normalized spacial score (nSPS) is 17.5. The first-order valence-corrected chi connectivity index (χ1v) is 9.91. The molecule has 0 bridgehead atoms. The number of nitrogens with zero attached hydrogens (tertiary/aromatic N) is 3. The van der Waals surface area contributed by atoms with E-state index in [1.807, 2.05) is 19.0 Å². The van der Waals surface area contributed by atoms with Crippen LogP contribution >= 0.6 is 11.6 Å². The Hall–Kier alpha value is -2.32. The first kappa shape index (κ1) is 18.5. The molecule has 0 fully saturated rings. The minimum Gasteiger partial charge on any atom is -0.363 e. The standard InChI is InChI=1S/C17H19ClN4O3S/c1-21(2)16-7-5-12(9-19-16)20-17(23)22(3)14-10-26(24,25)15-6-4-11(18)8-13(14)15/h4-9,14H,10H2,1-3H3,(H,20,23)/t14-/m0/s1. The molecule has 1 aliphatic rings. The maximum absolute atomic E-state index is 12.6. The first-order chi connectivity index (χ1) is 12.2. The molecule has 1 aromatic carbocycles. The maximum Gasteiger partial charge on any atom is 0.322 e. The molecule has 9 heteroatoms. The molecule has 2 aromatic rings. The van der Waals surface area contributed by atoms with Crippen molar-refractivity contribution in [3.05, 3.63) is 47.1 Å². The number of nitrogens with one attached hydrogen (secondary N) is 1. The third-order valence-corrected chi connectivity index (χ3v) is 6.32.